The van der Waals surface area contributed by atoms with Crippen molar-refractivity contribution in [2.24, 2.45) is 5.92 Å². The second-order valence-corrected chi connectivity index (χ2v) is 6.85. The van der Waals surface area contributed by atoms with E-state index < -0.39 is 0 Å². The fourth-order valence-electron chi connectivity index (χ4n) is 3.37. The number of urea groups is 1. The number of nitrogens with one attached hydrogen (secondary N) is 1. The van der Waals surface area contributed by atoms with Gasteiger partial charge in [-0.3, -0.25) is 0 Å². The van der Waals surface area contributed by atoms with Gasteiger partial charge < -0.3 is 19.2 Å². The minimum absolute atomic E-state index is 0.0622. The molecule has 1 aromatic carbocycles. The zero-order valence-corrected chi connectivity index (χ0v) is 15.2. The van der Waals surface area contributed by atoms with Crippen molar-refractivity contribution in [1.82, 2.24) is 15.0 Å². The topological polar surface area (TPSA) is 84.4 Å². The summed E-state index contributed by atoms with van der Waals surface area (Å²) in [7, 11) is 0. The third-order valence-electron chi connectivity index (χ3n) is 4.88. The van der Waals surface area contributed by atoms with Gasteiger partial charge in [-0.15, -0.1) is 0 Å². The highest BCUT2D eigenvalue weighted by Crippen LogP contribution is 2.24. The summed E-state index contributed by atoms with van der Waals surface area (Å²) in [6.07, 6.45) is 4.30. The standard InChI is InChI=1S/C20H22N4O3/c1-14-21-19(27-23-14)13-15-8-10-24(11-9-15)20(25)22-17-6-4-16(5-7-17)18-3-2-12-26-18/h2-7,12,15H,8-11,13H2,1H3,(H,22,25). The van der Waals surface area contributed by atoms with Crippen LogP contribution < -0.4 is 5.32 Å². The molecule has 1 N–H and O–H groups in total. The first-order valence-corrected chi connectivity index (χ1v) is 9.16. The van der Waals surface area contributed by atoms with Gasteiger partial charge in [0.25, 0.3) is 0 Å². The molecule has 7 nitrogen and oxygen atoms in total. The first kappa shape index (κ1) is 17.3. The van der Waals surface area contributed by atoms with Crippen LogP contribution in [0.15, 0.2) is 51.6 Å². The highest BCUT2D eigenvalue weighted by atomic mass is 16.5. The minimum atomic E-state index is -0.0622. The van der Waals surface area contributed by atoms with Crippen LogP contribution >= 0.6 is 0 Å². The summed E-state index contributed by atoms with van der Waals surface area (Å²) in [5.74, 6) is 2.64. The van der Waals surface area contributed by atoms with Crippen LogP contribution in [0.1, 0.15) is 24.6 Å². The molecule has 0 spiro atoms. The fourth-order valence-corrected chi connectivity index (χ4v) is 3.37. The maximum atomic E-state index is 12.5. The number of likely N-dealkylation sites (tertiary alicyclic amines) is 1. The van der Waals surface area contributed by atoms with Crippen molar-refractivity contribution in [3.8, 4) is 11.3 Å². The van der Waals surface area contributed by atoms with Gasteiger partial charge in [-0.25, -0.2) is 4.79 Å². The van der Waals surface area contributed by atoms with Crippen molar-refractivity contribution >= 4 is 11.7 Å². The summed E-state index contributed by atoms with van der Waals surface area (Å²) < 4.78 is 10.6. The number of amides is 2. The lowest BCUT2D eigenvalue weighted by molar-refractivity contribution is 0.179. The Morgan fingerprint density at radius 1 is 1.22 bits per heavy atom. The highest BCUT2D eigenvalue weighted by Gasteiger charge is 2.24. The Bertz CT molecular complexity index is 878. The molecule has 140 valence electrons. The van der Waals surface area contributed by atoms with E-state index >= 15 is 0 Å². The number of benzene rings is 1. The van der Waals surface area contributed by atoms with Crippen LogP contribution in [-0.2, 0) is 6.42 Å². The van der Waals surface area contributed by atoms with Gasteiger partial charge in [0.05, 0.1) is 6.26 Å². The van der Waals surface area contributed by atoms with Crippen molar-refractivity contribution in [1.29, 1.82) is 0 Å². The van der Waals surface area contributed by atoms with E-state index in [-0.39, 0.29) is 6.03 Å². The number of anilines is 1. The highest BCUT2D eigenvalue weighted by molar-refractivity contribution is 5.89. The average Bonchev–Trinajstić information content (AvgIpc) is 3.35. The fraction of sp³-hybridized carbons (Fsp3) is 0.350. The molecule has 0 atom stereocenters. The van der Waals surface area contributed by atoms with Crippen LogP contribution in [0.2, 0.25) is 0 Å². The monoisotopic (exact) mass is 366 g/mol. The summed E-state index contributed by atoms with van der Waals surface area (Å²) >= 11 is 0. The number of hydrogen-bond donors (Lipinski definition) is 1. The predicted octanol–water partition coefficient (Wildman–Crippen LogP) is 4.12. The summed E-state index contributed by atoms with van der Waals surface area (Å²) in [4.78, 5) is 18.6. The molecular weight excluding hydrogens is 344 g/mol. The van der Waals surface area contributed by atoms with E-state index in [1.54, 1.807) is 6.26 Å². The number of furan rings is 1. The molecule has 1 aliphatic rings. The van der Waals surface area contributed by atoms with Crippen LogP contribution in [0.3, 0.4) is 0 Å². The van der Waals surface area contributed by atoms with Crippen molar-refractivity contribution in [2.75, 3.05) is 18.4 Å². The molecule has 1 aliphatic heterocycles. The van der Waals surface area contributed by atoms with Crippen LogP contribution in [0.5, 0.6) is 0 Å². The maximum absolute atomic E-state index is 12.5. The Morgan fingerprint density at radius 2 is 2.00 bits per heavy atom. The largest absolute Gasteiger partial charge is 0.464 e. The van der Waals surface area contributed by atoms with Gasteiger partial charge in [-0.05, 0) is 62.1 Å². The third kappa shape index (κ3) is 4.19. The molecule has 4 rings (SSSR count). The maximum Gasteiger partial charge on any atom is 0.321 e. The number of aryl methyl sites for hydroxylation is 1. The summed E-state index contributed by atoms with van der Waals surface area (Å²) in [6, 6.07) is 11.4. The molecule has 0 radical (unpaired) electrons. The van der Waals surface area contributed by atoms with Gasteiger partial charge in [0.2, 0.25) is 5.89 Å². The van der Waals surface area contributed by atoms with Crippen molar-refractivity contribution < 1.29 is 13.7 Å². The molecule has 0 bridgehead atoms. The molecule has 27 heavy (non-hydrogen) atoms. The van der Waals surface area contributed by atoms with Crippen molar-refractivity contribution in [3.05, 3.63) is 54.4 Å². The lowest BCUT2D eigenvalue weighted by Gasteiger charge is -2.31. The van der Waals surface area contributed by atoms with Crippen LogP contribution in [0.25, 0.3) is 11.3 Å². The number of carbonyl (C=O) groups is 1. The first-order chi connectivity index (χ1) is 13.2. The van der Waals surface area contributed by atoms with E-state index in [0.29, 0.717) is 17.6 Å². The zero-order valence-electron chi connectivity index (χ0n) is 15.2. The van der Waals surface area contributed by atoms with Crippen LogP contribution in [-0.4, -0.2) is 34.2 Å². The van der Waals surface area contributed by atoms with E-state index in [9.17, 15) is 4.79 Å². The normalized spacial score (nSPS) is 15.1. The molecule has 3 heterocycles. The van der Waals surface area contributed by atoms with E-state index in [4.69, 9.17) is 8.94 Å². The zero-order chi connectivity index (χ0) is 18.6. The molecular formula is C20H22N4O3. The Morgan fingerprint density at radius 3 is 2.63 bits per heavy atom. The van der Waals surface area contributed by atoms with Crippen LogP contribution in [0.4, 0.5) is 10.5 Å². The number of carbonyl (C=O) groups excluding carboxylic acids is 1. The van der Waals surface area contributed by atoms with Gasteiger partial charge in [0.1, 0.15) is 5.76 Å². The number of rotatable bonds is 4. The Balaban J connectivity index is 1.28. The van der Waals surface area contributed by atoms with Gasteiger partial charge in [0, 0.05) is 30.8 Å². The van der Waals surface area contributed by atoms with Crippen molar-refractivity contribution in [2.45, 2.75) is 26.2 Å². The van der Waals surface area contributed by atoms with E-state index in [1.807, 2.05) is 48.2 Å². The Hall–Kier alpha value is -3.09. The smallest absolute Gasteiger partial charge is 0.321 e. The van der Waals surface area contributed by atoms with Gasteiger partial charge in [-0.2, -0.15) is 4.98 Å². The molecule has 2 amide bonds. The second-order valence-electron chi connectivity index (χ2n) is 6.85. The third-order valence-corrected chi connectivity index (χ3v) is 4.88. The van der Waals surface area contributed by atoms with Crippen LogP contribution in [0, 0.1) is 12.8 Å². The summed E-state index contributed by atoms with van der Waals surface area (Å²) in [5.41, 5.74) is 1.76. The number of nitrogens with zero attached hydrogens (tertiary/aromatic N) is 3. The molecule has 0 unspecified atom stereocenters. The lowest BCUT2D eigenvalue weighted by Crippen LogP contribution is -2.41. The summed E-state index contributed by atoms with van der Waals surface area (Å²) in [6.45, 7) is 3.28. The van der Waals surface area contributed by atoms with E-state index in [0.717, 1.165) is 49.4 Å². The molecule has 2 aromatic heterocycles. The Kier molecular flexibility index (Phi) is 4.91. The predicted molar refractivity (Wildman–Crippen MR) is 100 cm³/mol. The van der Waals surface area contributed by atoms with Gasteiger partial charge in [0.15, 0.2) is 5.82 Å². The average molecular weight is 366 g/mol. The van der Waals surface area contributed by atoms with E-state index in [1.165, 1.54) is 0 Å². The SMILES string of the molecule is Cc1noc(CC2CCN(C(=O)Nc3ccc(-c4ccco4)cc3)CC2)n1. The quantitative estimate of drug-likeness (QED) is 0.751. The Labute approximate surface area is 157 Å². The second kappa shape index (κ2) is 7.65. The summed E-state index contributed by atoms with van der Waals surface area (Å²) in [5, 5.41) is 6.80. The van der Waals surface area contributed by atoms with Gasteiger partial charge >= 0.3 is 6.03 Å². The number of aromatic nitrogens is 2. The molecule has 7 heteroatoms. The minimum Gasteiger partial charge on any atom is -0.464 e. The molecule has 1 saturated heterocycles. The van der Waals surface area contributed by atoms with Gasteiger partial charge in [-0.1, -0.05) is 5.16 Å². The molecule has 1 fully saturated rings. The lowest BCUT2D eigenvalue weighted by atomic mass is 9.94. The molecule has 3 aromatic rings. The van der Waals surface area contributed by atoms with E-state index in [2.05, 4.69) is 15.5 Å². The number of piperidine rings is 1. The first-order valence-electron chi connectivity index (χ1n) is 9.16. The number of hydrogen-bond acceptors (Lipinski definition) is 5. The molecule has 0 aliphatic carbocycles. The molecule has 0 saturated carbocycles. The van der Waals surface area contributed by atoms with Crippen molar-refractivity contribution in [3.63, 3.8) is 0 Å².